The van der Waals surface area contributed by atoms with Crippen molar-refractivity contribution in [3.8, 4) is 11.5 Å². The number of rotatable bonds is 11. The molecule has 0 heterocycles. The Kier molecular flexibility index (Phi) is 9.07. The molecule has 10 heteroatoms. The van der Waals surface area contributed by atoms with Gasteiger partial charge in [-0.25, -0.2) is 5.43 Å². The molecule has 0 aromatic heterocycles. The molecule has 2 N–H and O–H groups in total. The van der Waals surface area contributed by atoms with Gasteiger partial charge in [-0.15, -0.1) is 0 Å². The van der Waals surface area contributed by atoms with Crippen molar-refractivity contribution in [1.82, 2.24) is 5.43 Å². The summed E-state index contributed by atoms with van der Waals surface area (Å²) in [6.07, 6.45) is 1.67. The van der Waals surface area contributed by atoms with Gasteiger partial charge in [0.25, 0.3) is 5.91 Å². The van der Waals surface area contributed by atoms with Gasteiger partial charge in [0.05, 0.1) is 37.2 Å². The third kappa shape index (κ3) is 6.58. The van der Waals surface area contributed by atoms with E-state index in [1.807, 2.05) is 30.3 Å². The van der Waals surface area contributed by atoms with Gasteiger partial charge >= 0.3 is 7.60 Å². The monoisotopic (exact) mass is 504 g/mol. The summed E-state index contributed by atoms with van der Waals surface area (Å²) in [6, 6.07) is 15.3. The van der Waals surface area contributed by atoms with Gasteiger partial charge in [-0.3, -0.25) is 9.36 Å². The lowest BCUT2D eigenvalue weighted by molar-refractivity contribution is 0.0955. The third-order valence-corrected chi connectivity index (χ3v) is 7.11. The molecule has 0 aliphatic carbocycles. The van der Waals surface area contributed by atoms with Gasteiger partial charge in [0, 0.05) is 16.5 Å². The summed E-state index contributed by atoms with van der Waals surface area (Å²) >= 11 is 5.85. The van der Waals surface area contributed by atoms with Gasteiger partial charge in [-0.2, -0.15) is 5.10 Å². The molecule has 3 aromatic carbocycles. The van der Waals surface area contributed by atoms with Crippen molar-refractivity contribution in [1.29, 1.82) is 0 Å². The zero-order valence-electron chi connectivity index (χ0n) is 18.9. The molecule has 3 rings (SSSR count). The Hall–Kier alpha value is -2.90. The van der Waals surface area contributed by atoms with Crippen LogP contribution >= 0.6 is 19.2 Å². The Bertz CT molecular complexity index is 1220. The van der Waals surface area contributed by atoms with Crippen LogP contribution < -0.4 is 10.2 Å². The molecule has 180 valence electrons. The molecule has 0 aliphatic rings. The average molecular weight is 505 g/mol. The Morgan fingerprint density at radius 2 is 1.79 bits per heavy atom. The number of ether oxygens (including phenoxy) is 1. The molecule has 8 nitrogen and oxygen atoms in total. The molecule has 0 atom stereocenters. The average Bonchev–Trinajstić information content (AvgIpc) is 2.82. The molecule has 34 heavy (non-hydrogen) atoms. The number of aromatic hydroxyl groups is 1. The summed E-state index contributed by atoms with van der Waals surface area (Å²) in [5, 5.41) is 15.3. The van der Waals surface area contributed by atoms with Crippen LogP contribution in [0.1, 0.15) is 29.8 Å². The molecule has 0 saturated carbocycles. The normalized spacial score (nSPS) is 11.7. The van der Waals surface area contributed by atoms with E-state index < -0.39 is 13.5 Å². The predicted molar refractivity (Wildman–Crippen MR) is 133 cm³/mol. The summed E-state index contributed by atoms with van der Waals surface area (Å²) in [5.41, 5.74) is 3.48. The first-order chi connectivity index (χ1) is 16.4. The number of fused-ring (bicyclic) bond motifs is 1. The molecular formula is C24H26ClN2O6P. The van der Waals surface area contributed by atoms with Crippen LogP contribution in [0.25, 0.3) is 10.8 Å². The number of halogens is 1. The molecule has 0 radical (unpaired) electrons. The van der Waals surface area contributed by atoms with Gasteiger partial charge in [0.15, 0.2) is 0 Å². The first kappa shape index (κ1) is 25.7. The lowest BCUT2D eigenvalue weighted by atomic mass is 10.0. The van der Waals surface area contributed by atoms with E-state index in [-0.39, 0.29) is 29.1 Å². The summed E-state index contributed by atoms with van der Waals surface area (Å²) < 4.78 is 29.1. The maximum Gasteiger partial charge on any atom is 0.334 e. The van der Waals surface area contributed by atoms with Gasteiger partial charge in [0.1, 0.15) is 11.5 Å². The molecule has 0 aliphatic heterocycles. The summed E-state index contributed by atoms with van der Waals surface area (Å²) in [5.74, 6) is 0.0552. The standard InChI is InChI=1S/C24H26ClN2O6P/c1-3-32-34(30,33-4-2)14-13-31-23-12-10-18(19-7-5-6-8-20(19)23)16-26-27-24(29)17-9-11-22(28)21(25)15-17/h5-12,15-16,28H,3-4,13-14H2,1-2H3,(H,27,29). The Morgan fingerprint density at radius 1 is 1.09 bits per heavy atom. The van der Waals surface area contributed by atoms with Gasteiger partial charge in [-0.1, -0.05) is 35.9 Å². The summed E-state index contributed by atoms with van der Waals surface area (Å²) in [7, 11) is -3.19. The van der Waals surface area contributed by atoms with E-state index in [9.17, 15) is 14.5 Å². The molecule has 1 amide bonds. The highest BCUT2D eigenvalue weighted by atomic mass is 35.5. The number of hydrogen-bond acceptors (Lipinski definition) is 7. The summed E-state index contributed by atoms with van der Waals surface area (Å²) in [4.78, 5) is 12.3. The van der Waals surface area contributed by atoms with Crippen LogP contribution in [0.4, 0.5) is 0 Å². The quantitative estimate of drug-likeness (QED) is 0.200. The minimum absolute atomic E-state index is 0.0806. The fraction of sp³-hybridized carbons (Fsp3) is 0.250. The number of carbonyl (C=O) groups excluding carboxylic acids is 1. The van der Waals surface area contributed by atoms with Gasteiger partial charge < -0.3 is 18.9 Å². The van der Waals surface area contributed by atoms with E-state index in [4.69, 9.17) is 25.4 Å². The lowest BCUT2D eigenvalue weighted by Gasteiger charge is -2.17. The molecule has 0 unspecified atom stereocenters. The second kappa shape index (κ2) is 12.0. The number of phenols is 1. The van der Waals surface area contributed by atoms with Crippen LogP contribution in [-0.2, 0) is 13.6 Å². The van der Waals surface area contributed by atoms with Gasteiger partial charge in [-0.05, 0) is 49.6 Å². The van der Waals surface area contributed by atoms with Crippen molar-refractivity contribution in [2.24, 2.45) is 5.10 Å². The number of carbonyl (C=O) groups is 1. The van der Waals surface area contributed by atoms with Crippen LogP contribution in [-0.4, -0.2) is 43.2 Å². The number of hydrogen-bond donors (Lipinski definition) is 2. The number of nitrogens with one attached hydrogen (secondary N) is 1. The maximum absolute atomic E-state index is 12.6. The van der Waals surface area contributed by atoms with E-state index in [1.54, 1.807) is 19.9 Å². The highest BCUT2D eigenvalue weighted by molar-refractivity contribution is 7.53. The molecule has 0 fully saturated rings. The molecular weight excluding hydrogens is 479 g/mol. The van der Waals surface area contributed by atoms with Crippen molar-refractivity contribution in [3.05, 3.63) is 70.7 Å². The first-order valence-electron chi connectivity index (χ1n) is 10.7. The molecule has 0 bridgehead atoms. The largest absolute Gasteiger partial charge is 0.506 e. The number of hydrazone groups is 1. The number of amides is 1. The van der Waals surface area contributed by atoms with Crippen LogP contribution in [0, 0.1) is 0 Å². The minimum Gasteiger partial charge on any atom is -0.506 e. The fourth-order valence-corrected chi connectivity index (χ4v) is 4.85. The smallest absolute Gasteiger partial charge is 0.334 e. The van der Waals surface area contributed by atoms with E-state index in [0.717, 1.165) is 16.3 Å². The topological polar surface area (TPSA) is 106 Å². The van der Waals surface area contributed by atoms with Crippen molar-refractivity contribution in [2.75, 3.05) is 26.0 Å². The number of phenolic OH excluding ortho intramolecular Hbond substituents is 1. The van der Waals surface area contributed by atoms with E-state index in [0.29, 0.717) is 19.0 Å². The fourth-order valence-electron chi connectivity index (χ4n) is 3.23. The molecule has 0 saturated heterocycles. The highest BCUT2D eigenvalue weighted by Crippen LogP contribution is 2.47. The van der Waals surface area contributed by atoms with Gasteiger partial charge in [0.2, 0.25) is 0 Å². The first-order valence-corrected chi connectivity index (χ1v) is 12.8. The minimum atomic E-state index is -3.19. The lowest BCUT2D eigenvalue weighted by Crippen LogP contribution is -2.17. The van der Waals surface area contributed by atoms with Crippen molar-refractivity contribution in [3.63, 3.8) is 0 Å². The number of nitrogens with zero attached hydrogens (tertiary/aromatic N) is 1. The zero-order chi connectivity index (χ0) is 24.6. The van der Waals surface area contributed by atoms with Crippen LogP contribution in [0.15, 0.2) is 59.7 Å². The van der Waals surface area contributed by atoms with E-state index >= 15 is 0 Å². The van der Waals surface area contributed by atoms with Crippen LogP contribution in [0.3, 0.4) is 0 Å². The van der Waals surface area contributed by atoms with Crippen LogP contribution in [0.2, 0.25) is 5.02 Å². The SMILES string of the molecule is CCOP(=O)(CCOc1ccc(C=NNC(=O)c2ccc(O)c(Cl)c2)c2ccccc12)OCC. The van der Waals surface area contributed by atoms with Crippen molar-refractivity contribution in [2.45, 2.75) is 13.8 Å². The second-order valence-electron chi connectivity index (χ2n) is 7.08. The van der Waals surface area contributed by atoms with E-state index in [1.165, 1.54) is 24.4 Å². The maximum atomic E-state index is 12.6. The second-order valence-corrected chi connectivity index (χ2v) is 9.67. The van der Waals surface area contributed by atoms with Crippen molar-refractivity contribution >= 4 is 42.1 Å². The van der Waals surface area contributed by atoms with Crippen LogP contribution in [0.5, 0.6) is 11.5 Å². The van der Waals surface area contributed by atoms with Crippen molar-refractivity contribution < 1.29 is 28.3 Å². The Balaban J connectivity index is 1.72. The van der Waals surface area contributed by atoms with E-state index in [2.05, 4.69) is 10.5 Å². The summed E-state index contributed by atoms with van der Waals surface area (Å²) in [6.45, 7) is 4.29. The molecule has 3 aromatic rings. The predicted octanol–water partition coefficient (Wildman–Crippen LogP) is 5.61. The zero-order valence-corrected chi connectivity index (χ0v) is 20.5. The molecule has 0 spiro atoms. The Labute approximate surface area is 203 Å². The highest BCUT2D eigenvalue weighted by Gasteiger charge is 2.23. The Morgan fingerprint density at radius 3 is 2.47 bits per heavy atom. The number of benzene rings is 3. The third-order valence-electron chi connectivity index (χ3n) is 4.77.